The molecule has 0 atom stereocenters. The number of rotatable bonds is 3. The lowest BCUT2D eigenvalue weighted by Gasteiger charge is -2.18. The van der Waals surface area contributed by atoms with Crippen molar-refractivity contribution in [2.24, 2.45) is 12.8 Å². The van der Waals surface area contributed by atoms with Crippen LogP contribution < -0.4 is 5.73 Å². The van der Waals surface area contributed by atoms with Crippen molar-refractivity contribution < 1.29 is 0 Å². The molecule has 0 fully saturated rings. The summed E-state index contributed by atoms with van der Waals surface area (Å²) in [6, 6.07) is 10.8. The first-order chi connectivity index (χ1) is 8.91. The summed E-state index contributed by atoms with van der Waals surface area (Å²) in [4.78, 5) is 0. The molecular formula is C16H23N3. The van der Waals surface area contributed by atoms with Crippen LogP contribution in [0.5, 0.6) is 0 Å². The van der Waals surface area contributed by atoms with Crippen LogP contribution in [0.1, 0.15) is 32.0 Å². The van der Waals surface area contributed by atoms with Gasteiger partial charge in [-0.3, -0.25) is 4.68 Å². The summed E-state index contributed by atoms with van der Waals surface area (Å²) in [6.07, 6.45) is 0.865. The highest BCUT2D eigenvalue weighted by Gasteiger charge is 2.14. The van der Waals surface area contributed by atoms with Gasteiger partial charge >= 0.3 is 0 Å². The van der Waals surface area contributed by atoms with Gasteiger partial charge in [0.2, 0.25) is 0 Å². The van der Waals surface area contributed by atoms with Crippen LogP contribution in [0, 0.1) is 0 Å². The molecule has 3 nitrogen and oxygen atoms in total. The Morgan fingerprint density at radius 2 is 1.79 bits per heavy atom. The van der Waals surface area contributed by atoms with Gasteiger partial charge in [-0.1, -0.05) is 45.0 Å². The zero-order chi connectivity index (χ0) is 14.0. The summed E-state index contributed by atoms with van der Waals surface area (Å²) >= 11 is 0. The summed E-state index contributed by atoms with van der Waals surface area (Å²) in [7, 11) is 1.97. The molecule has 1 aromatic carbocycles. The third kappa shape index (κ3) is 3.04. The molecule has 0 bridgehead atoms. The lowest BCUT2D eigenvalue weighted by atomic mass is 9.86. The van der Waals surface area contributed by atoms with Crippen molar-refractivity contribution in [3.8, 4) is 11.3 Å². The maximum absolute atomic E-state index is 5.60. The van der Waals surface area contributed by atoms with Crippen molar-refractivity contribution in [2.45, 2.75) is 32.6 Å². The molecule has 3 heteroatoms. The smallest absolute Gasteiger partial charge is 0.0925 e. The molecule has 2 rings (SSSR count). The maximum Gasteiger partial charge on any atom is 0.0925 e. The van der Waals surface area contributed by atoms with Gasteiger partial charge in [0.05, 0.1) is 5.69 Å². The number of nitrogens with zero attached hydrogens (tertiary/aromatic N) is 2. The van der Waals surface area contributed by atoms with Crippen LogP contribution in [0.2, 0.25) is 0 Å². The van der Waals surface area contributed by atoms with E-state index in [2.05, 4.69) is 56.2 Å². The van der Waals surface area contributed by atoms with E-state index >= 15 is 0 Å². The molecule has 0 radical (unpaired) electrons. The second kappa shape index (κ2) is 5.17. The van der Waals surface area contributed by atoms with E-state index < -0.39 is 0 Å². The Bertz CT molecular complexity index is 544. The second-order valence-corrected chi connectivity index (χ2v) is 6.01. The number of aryl methyl sites for hydroxylation is 1. The molecule has 0 amide bonds. The van der Waals surface area contributed by atoms with Crippen molar-refractivity contribution in [1.82, 2.24) is 9.78 Å². The summed E-state index contributed by atoms with van der Waals surface area (Å²) in [6.45, 7) is 7.33. The summed E-state index contributed by atoms with van der Waals surface area (Å²) in [5.41, 5.74) is 10.5. The highest BCUT2D eigenvalue weighted by Crippen LogP contribution is 2.25. The van der Waals surface area contributed by atoms with Crippen molar-refractivity contribution in [3.63, 3.8) is 0 Å². The average molecular weight is 257 g/mol. The topological polar surface area (TPSA) is 43.8 Å². The fourth-order valence-corrected chi connectivity index (χ4v) is 2.17. The predicted molar refractivity (Wildman–Crippen MR) is 80.1 cm³/mol. The largest absolute Gasteiger partial charge is 0.330 e. The first-order valence-electron chi connectivity index (χ1n) is 6.75. The van der Waals surface area contributed by atoms with Crippen LogP contribution >= 0.6 is 0 Å². The minimum Gasteiger partial charge on any atom is -0.330 e. The third-order valence-corrected chi connectivity index (χ3v) is 3.42. The van der Waals surface area contributed by atoms with E-state index in [1.807, 2.05) is 11.7 Å². The van der Waals surface area contributed by atoms with Gasteiger partial charge in [0.25, 0.3) is 0 Å². The number of hydrogen-bond donors (Lipinski definition) is 1. The van der Waals surface area contributed by atoms with Crippen LogP contribution in [0.15, 0.2) is 30.3 Å². The van der Waals surface area contributed by atoms with E-state index in [0.717, 1.165) is 17.7 Å². The van der Waals surface area contributed by atoms with Crippen molar-refractivity contribution in [1.29, 1.82) is 0 Å². The van der Waals surface area contributed by atoms with Crippen LogP contribution in [-0.4, -0.2) is 16.3 Å². The standard InChI is InChI=1S/C16H23N3/c1-16(2,3)13-7-5-12(6-8-13)15-11-14(9-10-17)19(4)18-15/h5-8,11H,9-10,17H2,1-4H3. The van der Waals surface area contributed by atoms with Gasteiger partial charge in [0.15, 0.2) is 0 Å². The van der Waals surface area contributed by atoms with Crippen LogP contribution in [-0.2, 0) is 18.9 Å². The SMILES string of the molecule is Cn1nc(-c2ccc(C(C)(C)C)cc2)cc1CCN. The van der Waals surface area contributed by atoms with E-state index in [-0.39, 0.29) is 5.41 Å². The van der Waals surface area contributed by atoms with E-state index in [0.29, 0.717) is 6.54 Å². The molecule has 102 valence electrons. The van der Waals surface area contributed by atoms with Crippen LogP contribution in [0.25, 0.3) is 11.3 Å². The fourth-order valence-electron chi connectivity index (χ4n) is 2.17. The van der Waals surface area contributed by atoms with Crippen LogP contribution in [0.3, 0.4) is 0 Å². The Morgan fingerprint density at radius 1 is 1.16 bits per heavy atom. The zero-order valence-electron chi connectivity index (χ0n) is 12.3. The van der Waals surface area contributed by atoms with Gasteiger partial charge in [0.1, 0.15) is 0 Å². The van der Waals surface area contributed by atoms with Gasteiger partial charge in [-0.2, -0.15) is 5.10 Å². The molecule has 19 heavy (non-hydrogen) atoms. The van der Waals surface area contributed by atoms with E-state index in [4.69, 9.17) is 5.73 Å². The third-order valence-electron chi connectivity index (χ3n) is 3.42. The Morgan fingerprint density at radius 3 is 2.32 bits per heavy atom. The molecule has 1 heterocycles. The molecule has 0 aliphatic rings. The molecule has 0 aliphatic heterocycles. The van der Waals surface area contributed by atoms with E-state index in [1.54, 1.807) is 0 Å². The minimum absolute atomic E-state index is 0.188. The van der Waals surface area contributed by atoms with Crippen molar-refractivity contribution in [3.05, 3.63) is 41.6 Å². The quantitative estimate of drug-likeness (QED) is 0.919. The summed E-state index contributed by atoms with van der Waals surface area (Å²) in [5.74, 6) is 0. The molecule has 2 aromatic rings. The van der Waals surface area contributed by atoms with Gasteiger partial charge in [-0.25, -0.2) is 0 Å². The molecule has 0 saturated heterocycles. The molecular weight excluding hydrogens is 234 g/mol. The van der Waals surface area contributed by atoms with Gasteiger partial charge < -0.3 is 5.73 Å². The van der Waals surface area contributed by atoms with Gasteiger partial charge in [-0.05, 0) is 23.6 Å². The summed E-state index contributed by atoms with van der Waals surface area (Å²) in [5, 5.41) is 4.55. The molecule has 0 unspecified atom stereocenters. The molecule has 2 N–H and O–H groups in total. The Balaban J connectivity index is 2.30. The van der Waals surface area contributed by atoms with E-state index in [9.17, 15) is 0 Å². The maximum atomic E-state index is 5.60. The lowest BCUT2D eigenvalue weighted by Crippen LogP contribution is -2.10. The number of hydrogen-bond acceptors (Lipinski definition) is 2. The first-order valence-corrected chi connectivity index (χ1v) is 6.75. The number of nitrogens with two attached hydrogens (primary N) is 1. The summed E-state index contributed by atoms with van der Waals surface area (Å²) < 4.78 is 1.92. The van der Waals surface area contributed by atoms with E-state index in [1.165, 1.54) is 11.3 Å². The Labute approximate surface area is 115 Å². The van der Waals surface area contributed by atoms with Crippen LogP contribution in [0.4, 0.5) is 0 Å². The molecule has 0 spiro atoms. The monoisotopic (exact) mass is 257 g/mol. The lowest BCUT2D eigenvalue weighted by molar-refractivity contribution is 0.590. The highest BCUT2D eigenvalue weighted by molar-refractivity contribution is 5.60. The number of benzene rings is 1. The Hall–Kier alpha value is -1.61. The molecule has 1 aromatic heterocycles. The average Bonchev–Trinajstić information content (AvgIpc) is 2.71. The highest BCUT2D eigenvalue weighted by atomic mass is 15.3. The predicted octanol–water partition coefficient (Wildman–Crippen LogP) is 2.89. The molecule has 0 saturated carbocycles. The van der Waals surface area contributed by atoms with Crippen molar-refractivity contribution >= 4 is 0 Å². The van der Waals surface area contributed by atoms with Crippen molar-refractivity contribution in [2.75, 3.05) is 6.54 Å². The number of aromatic nitrogens is 2. The minimum atomic E-state index is 0.188. The van der Waals surface area contributed by atoms with Gasteiger partial charge in [0, 0.05) is 24.7 Å². The fraction of sp³-hybridized carbons (Fsp3) is 0.438. The molecule has 0 aliphatic carbocycles. The first kappa shape index (κ1) is 13.8. The van der Waals surface area contributed by atoms with Gasteiger partial charge in [-0.15, -0.1) is 0 Å². The zero-order valence-corrected chi connectivity index (χ0v) is 12.3. The normalized spacial score (nSPS) is 11.8. The Kier molecular flexibility index (Phi) is 3.76. The second-order valence-electron chi connectivity index (χ2n) is 6.01.